The molecule has 2 aliphatic rings. The van der Waals surface area contributed by atoms with Gasteiger partial charge in [0.15, 0.2) is 6.73 Å². The van der Waals surface area contributed by atoms with Gasteiger partial charge in [-0.15, -0.1) is 0 Å². The van der Waals surface area contributed by atoms with Crippen molar-refractivity contribution in [2.75, 3.05) is 48.7 Å². The lowest BCUT2D eigenvalue weighted by Gasteiger charge is -2.53. The van der Waals surface area contributed by atoms with Crippen molar-refractivity contribution < 1.29 is 24.6 Å². The molecule has 0 aliphatic carbocycles. The highest BCUT2D eigenvalue weighted by molar-refractivity contribution is 4.98. The second kappa shape index (κ2) is 11.0. The van der Waals surface area contributed by atoms with E-state index < -0.39 is 0 Å². The van der Waals surface area contributed by atoms with Gasteiger partial charge in [0.25, 0.3) is 0 Å². The van der Waals surface area contributed by atoms with Crippen molar-refractivity contribution in [2.45, 2.75) is 115 Å². The van der Waals surface area contributed by atoms with Crippen LogP contribution in [0.3, 0.4) is 0 Å². The number of nitrogens with zero attached hydrogens (tertiary/aromatic N) is 2. The third-order valence-corrected chi connectivity index (χ3v) is 7.20. The lowest BCUT2D eigenvalue weighted by molar-refractivity contribution is -1.16. The number of likely N-dealkylation sites (tertiary alicyclic amines) is 1. The van der Waals surface area contributed by atoms with Crippen LogP contribution < -0.4 is 9.96 Å². The van der Waals surface area contributed by atoms with Crippen molar-refractivity contribution in [3.63, 3.8) is 0 Å². The molecule has 2 aliphatic heterocycles. The van der Waals surface area contributed by atoms with Gasteiger partial charge < -0.3 is 14.4 Å². The van der Waals surface area contributed by atoms with Crippen molar-refractivity contribution in [2.24, 2.45) is 0 Å². The molecule has 0 atom stereocenters. The highest BCUT2D eigenvalue weighted by Crippen LogP contribution is 2.38. The minimum Gasteiger partial charge on any atom is -0.363 e. The molecule has 0 aromatic carbocycles. The first-order valence-electron chi connectivity index (χ1n) is 12.3. The molecule has 0 spiro atoms. The van der Waals surface area contributed by atoms with Crippen LogP contribution in [0.1, 0.15) is 81.1 Å². The number of ether oxygens (including phenoxy) is 2. The van der Waals surface area contributed by atoms with Crippen LogP contribution in [0.2, 0.25) is 0 Å². The van der Waals surface area contributed by atoms with Gasteiger partial charge in [0.2, 0.25) is 0 Å². The monoisotopic (exact) mass is 460 g/mol. The smallest absolute Gasteiger partial charge is 0.181 e. The number of hydrogen-bond donors (Lipinski definition) is 3. The van der Waals surface area contributed by atoms with Gasteiger partial charge in [-0.25, -0.2) is 5.21 Å². The lowest BCUT2D eigenvalue weighted by Crippen LogP contribution is -3.25. The fraction of sp³-hybridized carbons (Fsp3) is 1.00. The van der Waals surface area contributed by atoms with E-state index in [1.54, 1.807) is 0 Å². The van der Waals surface area contributed by atoms with Crippen LogP contribution in [-0.2, 0) is 9.47 Å². The van der Waals surface area contributed by atoms with Crippen LogP contribution in [0, 0.1) is 0 Å². The van der Waals surface area contributed by atoms with E-state index >= 15 is 0 Å². The molecule has 192 valence electrons. The molecular formula is C25H56N4O3+2. The Labute approximate surface area is 199 Å². The second-order valence-corrected chi connectivity index (χ2v) is 13.3. The topological polar surface area (TPSA) is 54.0 Å². The molecule has 0 amide bonds. The first-order valence-corrected chi connectivity index (χ1v) is 12.3. The van der Waals surface area contributed by atoms with Crippen LogP contribution in [0.15, 0.2) is 0 Å². The summed E-state index contributed by atoms with van der Waals surface area (Å²) in [6.45, 7) is 19.1. The summed E-state index contributed by atoms with van der Waals surface area (Å²) in [6.07, 6.45) is 4.69. The Balaban J connectivity index is 0.000000320. The Kier molecular flexibility index (Phi) is 10.2. The van der Waals surface area contributed by atoms with Crippen molar-refractivity contribution >= 4 is 0 Å². The highest BCUT2D eigenvalue weighted by atomic mass is 16.5. The molecule has 2 fully saturated rings. The number of nitrogens with one attached hydrogen (secondary N) is 2. The summed E-state index contributed by atoms with van der Waals surface area (Å²) in [7, 11) is 10.5. The van der Waals surface area contributed by atoms with Crippen LogP contribution in [0.4, 0.5) is 0 Å². The summed E-state index contributed by atoms with van der Waals surface area (Å²) in [6, 6.07) is 0. The maximum absolute atomic E-state index is 10.2. The summed E-state index contributed by atoms with van der Waals surface area (Å²) in [5.74, 6) is 0. The molecule has 0 aromatic heterocycles. The van der Waals surface area contributed by atoms with Gasteiger partial charge in [0, 0.05) is 23.9 Å². The quantitative estimate of drug-likeness (QED) is 0.521. The normalized spacial score (nSPS) is 29.6. The lowest BCUT2D eigenvalue weighted by atomic mass is 9.79. The molecule has 2 saturated heterocycles. The summed E-state index contributed by atoms with van der Waals surface area (Å²) in [5.41, 5.74) is 0.180. The number of rotatable bonds is 6. The number of hydroxylamine groups is 2. The van der Waals surface area contributed by atoms with E-state index in [4.69, 9.17) is 9.47 Å². The van der Waals surface area contributed by atoms with Crippen LogP contribution in [-0.4, -0.2) is 98.1 Å². The largest absolute Gasteiger partial charge is 0.363 e. The van der Waals surface area contributed by atoms with Crippen molar-refractivity contribution in [3.05, 3.63) is 0 Å². The predicted octanol–water partition coefficient (Wildman–Crippen LogP) is 1.27. The summed E-state index contributed by atoms with van der Waals surface area (Å²) < 4.78 is 11.9. The van der Waals surface area contributed by atoms with E-state index in [9.17, 15) is 5.21 Å². The summed E-state index contributed by atoms with van der Waals surface area (Å²) in [4.78, 5) is 5.86. The van der Waals surface area contributed by atoms with Gasteiger partial charge in [0.1, 0.15) is 11.1 Å². The molecule has 0 radical (unpaired) electrons. The fourth-order valence-corrected chi connectivity index (χ4v) is 5.37. The van der Waals surface area contributed by atoms with Gasteiger partial charge in [-0.3, -0.25) is 9.80 Å². The summed E-state index contributed by atoms with van der Waals surface area (Å²) in [5, 5.41) is 10.8. The molecule has 3 N–H and O–H groups in total. The van der Waals surface area contributed by atoms with Crippen LogP contribution >= 0.6 is 0 Å². The van der Waals surface area contributed by atoms with E-state index in [2.05, 4.69) is 86.3 Å². The van der Waals surface area contributed by atoms with Crippen molar-refractivity contribution in [3.8, 4) is 0 Å². The van der Waals surface area contributed by atoms with E-state index in [1.165, 1.54) is 4.90 Å². The van der Waals surface area contributed by atoms with E-state index in [1.807, 2.05) is 14.1 Å². The first kappa shape index (κ1) is 29.8. The second-order valence-electron chi connectivity index (χ2n) is 13.3. The Bertz CT molecular complexity index is 490. The average molecular weight is 461 g/mol. The number of hydrogen-bond acceptors (Lipinski definition) is 5. The van der Waals surface area contributed by atoms with Crippen LogP contribution in [0.25, 0.3) is 0 Å². The SMILES string of the molecule is CN(C)COC1CC(C)(C)N(C)C(C)(C)C1.C[NH+](C)COC1CC(C)(C)[NH+](O)C(C)(C)C1. The molecule has 2 heterocycles. The molecule has 2 rings (SSSR count). The molecular weight excluding hydrogens is 404 g/mol. The maximum Gasteiger partial charge on any atom is 0.181 e. The predicted molar refractivity (Wildman–Crippen MR) is 131 cm³/mol. The Hall–Kier alpha value is -0.280. The number of piperidine rings is 2. The van der Waals surface area contributed by atoms with Gasteiger partial charge in [0.05, 0.1) is 33.0 Å². The van der Waals surface area contributed by atoms with E-state index in [-0.39, 0.29) is 28.3 Å². The molecule has 7 nitrogen and oxygen atoms in total. The highest BCUT2D eigenvalue weighted by Gasteiger charge is 2.50. The van der Waals surface area contributed by atoms with Gasteiger partial charge in [-0.2, -0.15) is 5.06 Å². The zero-order valence-corrected chi connectivity index (χ0v) is 23.6. The van der Waals surface area contributed by atoms with Gasteiger partial charge in [-0.1, -0.05) is 0 Å². The minimum atomic E-state index is -0.131. The van der Waals surface area contributed by atoms with Crippen molar-refractivity contribution in [1.29, 1.82) is 0 Å². The Morgan fingerprint density at radius 3 is 1.62 bits per heavy atom. The molecule has 0 bridgehead atoms. The zero-order valence-electron chi connectivity index (χ0n) is 23.6. The van der Waals surface area contributed by atoms with Crippen molar-refractivity contribution in [1.82, 2.24) is 9.80 Å². The fourth-order valence-electron chi connectivity index (χ4n) is 5.37. The molecule has 0 unspecified atom stereocenters. The Morgan fingerprint density at radius 2 is 1.25 bits per heavy atom. The number of quaternary nitrogens is 2. The van der Waals surface area contributed by atoms with E-state index in [0.717, 1.165) is 39.1 Å². The van der Waals surface area contributed by atoms with Gasteiger partial charge in [-0.05, 0) is 89.4 Å². The zero-order chi connectivity index (χ0) is 25.1. The molecule has 7 heteroatoms. The first-order chi connectivity index (χ1) is 14.3. The van der Waals surface area contributed by atoms with E-state index in [0.29, 0.717) is 11.2 Å². The standard InChI is InChI=1S/C13H28N2O.C12H26N2O2/c1-12(2)8-11(16-10-14(5)6)9-13(3,4)15(12)7;1-11(2)7-10(16-9-13(5)6)8-12(3,4)14(11)15/h11H,8-10H2,1-7H3;10,15H,7-9H2,1-6H3/p+2. The third-order valence-electron chi connectivity index (χ3n) is 7.20. The Morgan fingerprint density at radius 1 is 0.844 bits per heavy atom. The molecule has 32 heavy (non-hydrogen) atoms. The van der Waals surface area contributed by atoms with Gasteiger partial charge >= 0.3 is 0 Å². The third kappa shape index (κ3) is 8.49. The average Bonchev–Trinajstić information content (AvgIpc) is 2.60. The maximum atomic E-state index is 10.2. The van der Waals surface area contributed by atoms with Crippen LogP contribution in [0.5, 0.6) is 0 Å². The minimum absolute atomic E-state index is 0.131. The molecule has 0 aromatic rings. The molecule has 0 saturated carbocycles. The summed E-state index contributed by atoms with van der Waals surface area (Å²) >= 11 is 0.